The maximum absolute atomic E-state index is 6.21. The number of fused-ring (bicyclic) bond motifs is 1. The number of methoxy groups -OCH3 is 1. The fourth-order valence-electron chi connectivity index (χ4n) is 4.66. The third kappa shape index (κ3) is 6.97. The molecule has 0 aliphatic carbocycles. The molecule has 0 spiro atoms. The van der Waals surface area contributed by atoms with Crippen LogP contribution in [0.4, 0.5) is 0 Å². The van der Waals surface area contributed by atoms with Crippen LogP contribution >= 0.6 is 24.0 Å². The maximum Gasteiger partial charge on any atom is 0.162 e. The average Bonchev–Trinajstić information content (AvgIpc) is 2.95. The lowest BCUT2D eigenvalue weighted by atomic mass is 9.91. The Kier molecular flexibility index (Phi) is 9.85. The van der Waals surface area contributed by atoms with Crippen molar-refractivity contribution in [2.45, 2.75) is 25.7 Å². The van der Waals surface area contributed by atoms with E-state index in [-0.39, 0.29) is 30.0 Å². The smallest absolute Gasteiger partial charge is 0.162 e. The van der Waals surface area contributed by atoms with Crippen LogP contribution in [0.2, 0.25) is 0 Å². The number of rotatable bonds is 9. The largest absolute Gasteiger partial charge is 0.493 e. The first kappa shape index (κ1) is 27.7. The van der Waals surface area contributed by atoms with Gasteiger partial charge in [-0.2, -0.15) is 0 Å². The van der Waals surface area contributed by atoms with E-state index in [0.29, 0.717) is 13.2 Å². The molecule has 196 valence electrons. The molecule has 0 bridgehead atoms. The zero-order chi connectivity index (χ0) is 25.5. The molecule has 0 fully saturated rings. The maximum atomic E-state index is 6.21. The molecule has 4 aromatic carbocycles. The molecule has 1 aliphatic heterocycles. The monoisotopic (exact) mass is 619 g/mol. The summed E-state index contributed by atoms with van der Waals surface area (Å²) in [6, 6.07) is 33.1. The van der Waals surface area contributed by atoms with Crippen LogP contribution in [0.15, 0.2) is 103 Å². The molecule has 0 saturated carbocycles. The van der Waals surface area contributed by atoms with Crippen LogP contribution in [0.3, 0.4) is 0 Å². The van der Waals surface area contributed by atoms with Crippen molar-refractivity contribution in [3.63, 3.8) is 0 Å². The van der Waals surface area contributed by atoms with Gasteiger partial charge in [-0.3, -0.25) is 4.90 Å². The predicted octanol–water partition coefficient (Wildman–Crippen LogP) is 7.71. The highest BCUT2D eigenvalue weighted by Crippen LogP contribution is 2.39. The third-order valence-corrected chi connectivity index (χ3v) is 6.79. The van der Waals surface area contributed by atoms with Crippen LogP contribution in [0.1, 0.15) is 33.9 Å². The quantitative estimate of drug-likeness (QED) is 0.180. The van der Waals surface area contributed by atoms with Crippen molar-refractivity contribution >= 4 is 30.1 Å². The zero-order valence-electron chi connectivity index (χ0n) is 21.9. The molecule has 5 heteroatoms. The van der Waals surface area contributed by atoms with Crippen molar-refractivity contribution in [3.8, 4) is 17.2 Å². The summed E-state index contributed by atoms with van der Waals surface area (Å²) in [5, 5.41) is 0. The highest BCUT2D eigenvalue weighted by molar-refractivity contribution is 14.0. The van der Waals surface area contributed by atoms with Crippen molar-refractivity contribution in [2.75, 3.05) is 20.7 Å². The molecule has 0 N–H and O–H groups in total. The molecule has 5 rings (SSSR count). The lowest BCUT2D eigenvalue weighted by molar-refractivity contribution is 0.263. The summed E-state index contributed by atoms with van der Waals surface area (Å²) in [5.41, 5.74) is 6.00. The first-order valence-corrected chi connectivity index (χ1v) is 12.7. The minimum absolute atomic E-state index is 0. The van der Waals surface area contributed by atoms with E-state index in [2.05, 4.69) is 72.6 Å². The third-order valence-electron chi connectivity index (χ3n) is 6.79. The molecule has 1 heterocycles. The molecule has 1 unspecified atom stereocenters. The van der Waals surface area contributed by atoms with Crippen LogP contribution in [0.25, 0.3) is 6.08 Å². The number of likely N-dealkylation sites (N-methyl/N-ethyl adjacent to an activating group) is 1. The molecule has 0 radical (unpaired) electrons. The van der Waals surface area contributed by atoms with Gasteiger partial charge in [0.25, 0.3) is 0 Å². The topological polar surface area (TPSA) is 30.9 Å². The van der Waals surface area contributed by atoms with Gasteiger partial charge in [0.15, 0.2) is 11.5 Å². The Bertz CT molecular complexity index is 1320. The Hall–Kier alpha value is -3.29. The van der Waals surface area contributed by atoms with E-state index < -0.39 is 0 Å². The molecule has 0 saturated heterocycles. The molecule has 0 amide bonds. The zero-order valence-corrected chi connectivity index (χ0v) is 24.2. The first-order chi connectivity index (χ1) is 18.2. The van der Waals surface area contributed by atoms with Gasteiger partial charge in [-0.25, -0.2) is 0 Å². The highest BCUT2D eigenvalue weighted by atomic mass is 127. The molecule has 38 heavy (non-hydrogen) atoms. The summed E-state index contributed by atoms with van der Waals surface area (Å²) in [6.07, 6.45) is 5.44. The number of hydrogen-bond donors (Lipinski definition) is 0. The van der Waals surface area contributed by atoms with Gasteiger partial charge < -0.3 is 14.2 Å². The van der Waals surface area contributed by atoms with Crippen LogP contribution in [0.5, 0.6) is 17.2 Å². The second-order valence-corrected chi connectivity index (χ2v) is 9.35. The Balaban J connectivity index is 0.00000336. The minimum atomic E-state index is 0. The van der Waals surface area contributed by atoms with Gasteiger partial charge in [0, 0.05) is 6.54 Å². The number of ether oxygens (including phenoxy) is 3. The van der Waals surface area contributed by atoms with Crippen LogP contribution < -0.4 is 14.2 Å². The molecular formula is C33H34INO3. The number of nitrogens with zero attached hydrogens (tertiary/aromatic N) is 1. The van der Waals surface area contributed by atoms with E-state index in [1.807, 2.05) is 48.5 Å². The first-order valence-electron chi connectivity index (χ1n) is 12.7. The normalized spacial score (nSPS) is 14.9. The molecule has 1 aliphatic rings. The van der Waals surface area contributed by atoms with E-state index in [1.54, 1.807) is 7.11 Å². The standard InChI is InChI=1S/C33H33NO3.HI/c1-34-20-19-28-21-32(35-2)33(37-24-27-11-7-4-8-12-27)22-30(28)31(34)18-15-25-13-16-29(17-14-25)36-23-26-9-5-3-6-10-26;/h3-18,21-22,31H,19-20,23-24H2,1-2H3;1H/b18-15+;. The molecular weight excluding hydrogens is 585 g/mol. The van der Waals surface area contributed by atoms with E-state index in [1.165, 1.54) is 11.1 Å². The van der Waals surface area contributed by atoms with Crippen molar-refractivity contribution < 1.29 is 14.2 Å². The molecule has 4 aromatic rings. The SMILES string of the molecule is COc1cc2c(cc1OCc1ccccc1)C(/C=C/c1ccc(OCc3ccccc3)cc1)N(C)CC2.I. The Labute approximate surface area is 242 Å². The predicted molar refractivity (Wildman–Crippen MR) is 165 cm³/mol. The lowest BCUT2D eigenvalue weighted by Crippen LogP contribution is -2.31. The fourth-order valence-corrected chi connectivity index (χ4v) is 4.66. The summed E-state index contributed by atoms with van der Waals surface area (Å²) in [6.45, 7) is 2.06. The van der Waals surface area contributed by atoms with Crippen molar-refractivity contribution in [1.82, 2.24) is 4.90 Å². The van der Waals surface area contributed by atoms with Crippen LogP contribution in [0, 0.1) is 0 Å². The minimum Gasteiger partial charge on any atom is -0.493 e. The number of halogens is 1. The van der Waals surface area contributed by atoms with E-state index >= 15 is 0 Å². The van der Waals surface area contributed by atoms with E-state index in [4.69, 9.17) is 14.2 Å². The van der Waals surface area contributed by atoms with Gasteiger partial charge in [-0.1, -0.05) is 84.9 Å². The molecule has 1 atom stereocenters. The summed E-state index contributed by atoms with van der Waals surface area (Å²) >= 11 is 0. The van der Waals surface area contributed by atoms with Gasteiger partial charge in [-0.05, 0) is 65.6 Å². The number of benzene rings is 4. The van der Waals surface area contributed by atoms with Gasteiger partial charge in [0.05, 0.1) is 13.2 Å². The van der Waals surface area contributed by atoms with Crippen molar-refractivity contribution in [3.05, 3.63) is 131 Å². The van der Waals surface area contributed by atoms with Gasteiger partial charge in [0.1, 0.15) is 19.0 Å². The van der Waals surface area contributed by atoms with Crippen LogP contribution in [-0.2, 0) is 19.6 Å². The average molecular weight is 620 g/mol. The highest BCUT2D eigenvalue weighted by Gasteiger charge is 2.25. The lowest BCUT2D eigenvalue weighted by Gasteiger charge is -2.33. The molecule has 0 aromatic heterocycles. The van der Waals surface area contributed by atoms with Gasteiger partial charge in [0.2, 0.25) is 0 Å². The molecule has 4 nitrogen and oxygen atoms in total. The summed E-state index contributed by atoms with van der Waals surface area (Å²) < 4.78 is 17.8. The second-order valence-electron chi connectivity index (χ2n) is 9.35. The van der Waals surface area contributed by atoms with Crippen molar-refractivity contribution in [1.29, 1.82) is 0 Å². The Morgan fingerprint density at radius 2 is 1.42 bits per heavy atom. The van der Waals surface area contributed by atoms with Crippen LogP contribution in [-0.4, -0.2) is 25.6 Å². The fraction of sp³-hybridized carbons (Fsp3) is 0.212. The Morgan fingerprint density at radius 3 is 2.05 bits per heavy atom. The van der Waals surface area contributed by atoms with Gasteiger partial charge in [-0.15, -0.1) is 24.0 Å². The van der Waals surface area contributed by atoms with E-state index in [0.717, 1.165) is 46.9 Å². The Morgan fingerprint density at radius 1 is 0.789 bits per heavy atom. The second kappa shape index (κ2) is 13.5. The van der Waals surface area contributed by atoms with E-state index in [9.17, 15) is 0 Å². The summed E-state index contributed by atoms with van der Waals surface area (Å²) in [7, 11) is 3.88. The number of hydrogen-bond acceptors (Lipinski definition) is 4. The summed E-state index contributed by atoms with van der Waals surface area (Å²) in [5.74, 6) is 2.43. The van der Waals surface area contributed by atoms with Crippen molar-refractivity contribution in [2.24, 2.45) is 0 Å². The summed E-state index contributed by atoms with van der Waals surface area (Å²) in [4.78, 5) is 2.38. The van der Waals surface area contributed by atoms with Gasteiger partial charge >= 0.3 is 0 Å².